The Bertz CT molecular complexity index is 968. The van der Waals surface area contributed by atoms with E-state index in [-0.39, 0.29) is 30.7 Å². The monoisotopic (exact) mass is 446 g/mol. The van der Waals surface area contributed by atoms with E-state index in [1.807, 2.05) is 6.07 Å². The number of likely N-dealkylation sites (tertiary alicyclic amines) is 1. The molecule has 1 saturated heterocycles. The van der Waals surface area contributed by atoms with Gasteiger partial charge >= 0.3 is 11.9 Å². The number of carboxylic acid groups (broad SMARTS) is 2. The summed E-state index contributed by atoms with van der Waals surface area (Å²) < 4.78 is 12.8. The van der Waals surface area contributed by atoms with E-state index in [2.05, 4.69) is 17.3 Å². The van der Waals surface area contributed by atoms with E-state index in [0.29, 0.717) is 12.2 Å². The third kappa shape index (κ3) is 2.67. The number of likely N-dealkylation sites (N-methyl/N-ethyl adjacent to an activating group) is 1. The molecule has 2 fully saturated rings. The Kier molecular flexibility index (Phi) is 4.92. The Morgan fingerprint density at radius 2 is 2.12 bits per heavy atom. The van der Waals surface area contributed by atoms with Crippen LogP contribution in [0.1, 0.15) is 43.2 Å². The maximum Gasteiger partial charge on any atom is 0.320 e. The van der Waals surface area contributed by atoms with Crippen LogP contribution in [-0.4, -0.2) is 82.7 Å². The number of hydrogen-bond donors (Lipinski definition) is 4. The van der Waals surface area contributed by atoms with Crippen LogP contribution in [0.4, 0.5) is 0 Å². The van der Waals surface area contributed by atoms with Crippen molar-refractivity contribution in [3.8, 4) is 11.5 Å². The lowest BCUT2D eigenvalue weighted by atomic mass is 9.48. The molecule has 2 heterocycles. The maximum atomic E-state index is 11.9. The van der Waals surface area contributed by atoms with Gasteiger partial charge in [0, 0.05) is 31.2 Å². The standard InChI is InChI=1S/C23H30N2O7/c1-25-10-9-22-18-12-3-5-15(26)19(18)32-20(22)13(7-8-23(22,31-2)16(25)11-12)24-14(21(29)30)4-6-17(27)28/h3,5,13-14,16,20,24,26H,4,6-11H2,1-2H3,(H,27,28)(H,29,30)/t13-,14-,16?,20-,22-,23+/m0/s1. The molecule has 4 aliphatic rings. The molecule has 0 radical (unpaired) electrons. The largest absolute Gasteiger partial charge is 0.504 e. The van der Waals surface area contributed by atoms with E-state index in [0.717, 1.165) is 36.9 Å². The van der Waals surface area contributed by atoms with Crippen LogP contribution in [0.5, 0.6) is 11.5 Å². The number of ether oxygens (including phenoxy) is 2. The van der Waals surface area contributed by atoms with Crippen molar-refractivity contribution in [2.24, 2.45) is 0 Å². The van der Waals surface area contributed by atoms with E-state index in [1.54, 1.807) is 13.2 Å². The highest BCUT2D eigenvalue weighted by molar-refractivity contribution is 5.75. The van der Waals surface area contributed by atoms with Gasteiger partial charge in [-0.3, -0.25) is 14.9 Å². The number of nitrogens with zero attached hydrogens (tertiary/aromatic N) is 1. The van der Waals surface area contributed by atoms with Crippen molar-refractivity contribution in [3.05, 3.63) is 23.3 Å². The Morgan fingerprint density at radius 1 is 1.34 bits per heavy atom. The predicted octanol–water partition coefficient (Wildman–Crippen LogP) is 1.11. The third-order valence-electron chi connectivity index (χ3n) is 8.41. The Morgan fingerprint density at radius 3 is 2.81 bits per heavy atom. The molecule has 2 bridgehead atoms. The van der Waals surface area contributed by atoms with Crippen molar-refractivity contribution < 1.29 is 34.4 Å². The van der Waals surface area contributed by atoms with E-state index in [4.69, 9.17) is 14.6 Å². The van der Waals surface area contributed by atoms with Crippen molar-refractivity contribution in [1.82, 2.24) is 10.2 Å². The fraction of sp³-hybridized carbons (Fsp3) is 0.652. The lowest BCUT2D eigenvalue weighted by Crippen LogP contribution is -2.78. The Balaban J connectivity index is 1.59. The van der Waals surface area contributed by atoms with Gasteiger partial charge in [0.1, 0.15) is 12.1 Å². The molecule has 32 heavy (non-hydrogen) atoms. The van der Waals surface area contributed by atoms with Gasteiger partial charge in [0.2, 0.25) is 0 Å². The van der Waals surface area contributed by atoms with E-state index in [9.17, 15) is 19.8 Å². The zero-order valence-corrected chi connectivity index (χ0v) is 18.3. The zero-order valence-electron chi connectivity index (χ0n) is 18.3. The summed E-state index contributed by atoms with van der Waals surface area (Å²) in [7, 11) is 3.86. The molecule has 1 spiro atoms. The highest BCUT2D eigenvalue weighted by Crippen LogP contribution is 2.66. The minimum atomic E-state index is -1.07. The first kappa shape index (κ1) is 21.5. The van der Waals surface area contributed by atoms with Crippen LogP contribution in [-0.2, 0) is 26.2 Å². The first-order valence-electron chi connectivity index (χ1n) is 11.2. The highest BCUT2D eigenvalue weighted by Gasteiger charge is 2.73. The van der Waals surface area contributed by atoms with Crippen LogP contribution < -0.4 is 10.1 Å². The molecule has 1 aromatic carbocycles. The van der Waals surface area contributed by atoms with Crippen LogP contribution in [0.25, 0.3) is 0 Å². The molecule has 4 N–H and O–H groups in total. The van der Waals surface area contributed by atoms with Crippen molar-refractivity contribution in [2.45, 2.75) is 73.8 Å². The molecule has 1 aromatic rings. The molecule has 174 valence electrons. The summed E-state index contributed by atoms with van der Waals surface area (Å²) in [4.78, 5) is 25.3. The minimum absolute atomic E-state index is 0.00881. The Labute approximate surface area is 186 Å². The van der Waals surface area contributed by atoms with Crippen molar-refractivity contribution in [3.63, 3.8) is 0 Å². The number of hydrogen-bond acceptors (Lipinski definition) is 7. The quantitative estimate of drug-likeness (QED) is 0.487. The summed E-state index contributed by atoms with van der Waals surface area (Å²) in [5.74, 6) is -1.52. The summed E-state index contributed by atoms with van der Waals surface area (Å²) in [5.41, 5.74) is 1.14. The number of phenols is 1. The molecular formula is C23H30N2O7. The lowest BCUT2D eigenvalue weighted by Gasteiger charge is -2.65. The molecule has 1 saturated carbocycles. The number of phenolic OH excluding ortho intramolecular Hbond substituents is 1. The topological polar surface area (TPSA) is 129 Å². The maximum absolute atomic E-state index is 11.9. The normalized spacial score (nSPS) is 35.6. The van der Waals surface area contributed by atoms with Gasteiger partial charge in [0.05, 0.1) is 11.0 Å². The predicted molar refractivity (Wildman–Crippen MR) is 113 cm³/mol. The van der Waals surface area contributed by atoms with Crippen LogP contribution in [0, 0.1) is 0 Å². The van der Waals surface area contributed by atoms with Crippen LogP contribution in [0.3, 0.4) is 0 Å². The molecular weight excluding hydrogens is 416 g/mol. The van der Waals surface area contributed by atoms with Crippen molar-refractivity contribution in [1.29, 1.82) is 0 Å². The molecule has 0 amide bonds. The lowest BCUT2D eigenvalue weighted by molar-refractivity contribution is -0.204. The van der Waals surface area contributed by atoms with E-state index < -0.39 is 35.1 Å². The second-order valence-corrected chi connectivity index (χ2v) is 9.64. The van der Waals surface area contributed by atoms with Crippen LogP contribution in [0.2, 0.25) is 0 Å². The number of benzene rings is 1. The molecule has 2 aliphatic carbocycles. The highest BCUT2D eigenvalue weighted by atomic mass is 16.5. The Hall–Kier alpha value is -2.36. The van der Waals surface area contributed by atoms with Crippen LogP contribution in [0.15, 0.2) is 12.1 Å². The number of piperidine rings is 1. The molecule has 5 rings (SSSR count). The van der Waals surface area contributed by atoms with Gasteiger partial charge in [-0.2, -0.15) is 0 Å². The summed E-state index contributed by atoms with van der Waals surface area (Å²) in [6.45, 7) is 0.846. The van der Waals surface area contributed by atoms with E-state index in [1.165, 1.54) is 0 Å². The number of aromatic hydroxyl groups is 1. The van der Waals surface area contributed by atoms with Gasteiger partial charge in [-0.1, -0.05) is 6.07 Å². The first-order valence-corrected chi connectivity index (χ1v) is 11.2. The number of methoxy groups -OCH3 is 1. The number of aliphatic carboxylic acids is 2. The van der Waals surface area contributed by atoms with Gasteiger partial charge in [0.25, 0.3) is 0 Å². The fourth-order valence-electron chi connectivity index (χ4n) is 7.11. The SMILES string of the molecule is CO[C@@]12CC[C@H](N[C@@H](CCC(=O)O)C(=O)O)[C@@H]3Oc4c(O)ccc5c4[C@@]31CCN(C)C2C5. The third-order valence-corrected chi connectivity index (χ3v) is 8.41. The summed E-state index contributed by atoms with van der Waals surface area (Å²) >= 11 is 0. The first-order chi connectivity index (χ1) is 15.2. The van der Waals surface area contributed by atoms with Crippen molar-refractivity contribution >= 4 is 11.9 Å². The van der Waals surface area contributed by atoms with Gasteiger partial charge in [0.15, 0.2) is 11.5 Å². The molecule has 0 aromatic heterocycles. The average Bonchev–Trinajstić information content (AvgIpc) is 3.11. The van der Waals surface area contributed by atoms with E-state index >= 15 is 0 Å². The average molecular weight is 447 g/mol. The fourth-order valence-corrected chi connectivity index (χ4v) is 7.11. The molecule has 9 nitrogen and oxygen atoms in total. The van der Waals surface area contributed by atoms with Gasteiger partial charge in [-0.15, -0.1) is 0 Å². The molecule has 1 unspecified atom stereocenters. The van der Waals surface area contributed by atoms with Crippen LogP contribution >= 0.6 is 0 Å². The second kappa shape index (κ2) is 7.33. The zero-order chi connectivity index (χ0) is 22.8. The molecule has 9 heteroatoms. The number of nitrogens with one attached hydrogen (secondary N) is 1. The smallest absolute Gasteiger partial charge is 0.320 e. The number of carboxylic acids is 2. The summed E-state index contributed by atoms with van der Waals surface area (Å²) in [6.07, 6.45) is 2.27. The van der Waals surface area contributed by atoms with Crippen molar-refractivity contribution in [2.75, 3.05) is 20.7 Å². The van der Waals surface area contributed by atoms with Gasteiger partial charge in [-0.25, -0.2) is 0 Å². The minimum Gasteiger partial charge on any atom is -0.504 e. The number of carbonyl (C=O) groups is 2. The van der Waals surface area contributed by atoms with Gasteiger partial charge in [-0.05, 0) is 57.3 Å². The summed E-state index contributed by atoms with van der Waals surface area (Å²) in [6, 6.07) is 2.49. The number of rotatable bonds is 7. The summed E-state index contributed by atoms with van der Waals surface area (Å²) in [5, 5.41) is 32.6. The second-order valence-electron chi connectivity index (χ2n) is 9.64. The molecule has 6 atom stereocenters. The van der Waals surface area contributed by atoms with Gasteiger partial charge < -0.3 is 29.7 Å². The molecule has 2 aliphatic heterocycles.